The Labute approximate surface area is 200 Å². The number of hydrogen-bond donors (Lipinski definition) is 1. The van der Waals surface area contributed by atoms with Crippen LogP contribution in [0.2, 0.25) is 0 Å². The molecule has 178 valence electrons. The zero-order chi connectivity index (χ0) is 24.7. The first-order valence-electron chi connectivity index (χ1n) is 11.2. The topological polar surface area (TPSA) is 73.9 Å². The van der Waals surface area contributed by atoms with Crippen LogP contribution in [0, 0.1) is 0 Å². The molecular weight excluding hydrogens is 430 g/mol. The van der Waals surface area contributed by atoms with E-state index < -0.39 is 5.97 Å². The molecular formula is C28H31NO5. The van der Waals surface area contributed by atoms with Crippen molar-refractivity contribution in [2.24, 2.45) is 0 Å². The summed E-state index contributed by atoms with van der Waals surface area (Å²) in [5.41, 5.74) is 3.28. The Morgan fingerprint density at radius 1 is 0.882 bits per heavy atom. The Hall–Kier alpha value is -3.80. The molecule has 0 bridgehead atoms. The van der Waals surface area contributed by atoms with Crippen molar-refractivity contribution in [3.05, 3.63) is 89.0 Å². The van der Waals surface area contributed by atoms with Gasteiger partial charge in [-0.2, -0.15) is 0 Å². The fraction of sp³-hybridized carbons (Fsp3) is 0.286. The van der Waals surface area contributed by atoms with E-state index in [0.29, 0.717) is 29.2 Å². The highest BCUT2D eigenvalue weighted by Crippen LogP contribution is 2.32. The van der Waals surface area contributed by atoms with Crippen molar-refractivity contribution in [1.29, 1.82) is 0 Å². The molecule has 0 aromatic heterocycles. The van der Waals surface area contributed by atoms with Gasteiger partial charge >= 0.3 is 5.97 Å². The molecule has 0 atom stereocenters. The summed E-state index contributed by atoms with van der Waals surface area (Å²) in [5, 5.41) is 2.85. The Bertz CT molecular complexity index is 1150. The van der Waals surface area contributed by atoms with E-state index in [9.17, 15) is 9.59 Å². The zero-order valence-corrected chi connectivity index (χ0v) is 20.3. The van der Waals surface area contributed by atoms with Crippen molar-refractivity contribution in [3.63, 3.8) is 0 Å². The maximum Gasteiger partial charge on any atom is 0.338 e. The van der Waals surface area contributed by atoms with E-state index in [1.165, 1.54) is 0 Å². The SMILES string of the molecule is CCOC(=O)c1ccc(NC(=O)c2ccc(OC)c(COc3ccccc3C(C)(C)C)c2)cc1. The monoisotopic (exact) mass is 461 g/mol. The second-order valence-corrected chi connectivity index (χ2v) is 8.81. The molecule has 1 N–H and O–H groups in total. The van der Waals surface area contributed by atoms with Crippen LogP contribution < -0.4 is 14.8 Å². The second-order valence-electron chi connectivity index (χ2n) is 8.81. The first-order valence-corrected chi connectivity index (χ1v) is 11.2. The first-order chi connectivity index (χ1) is 16.2. The number of carbonyl (C=O) groups excluding carboxylic acids is 2. The van der Waals surface area contributed by atoms with Crippen LogP contribution in [-0.4, -0.2) is 25.6 Å². The summed E-state index contributed by atoms with van der Waals surface area (Å²) in [6.45, 7) is 8.73. The van der Waals surface area contributed by atoms with Gasteiger partial charge in [0.1, 0.15) is 18.1 Å². The summed E-state index contributed by atoms with van der Waals surface area (Å²) in [6, 6.07) is 19.7. The summed E-state index contributed by atoms with van der Waals surface area (Å²) in [4.78, 5) is 24.7. The van der Waals surface area contributed by atoms with Gasteiger partial charge in [0.2, 0.25) is 0 Å². The zero-order valence-electron chi connectivity index (χ0n) is 20.3. The lowest BCUT2D eigenvalue weighted by Gasteiger charge is -2.23. The fourth-order valence-electron chi connectivity index (χ4n) is 3.51. The molecule has 0 aliphatic carbocycles. The van der Waals surface area contributed by atoms with Crippen molar-refractivity contribution < 1.29 is 23.8 Å². The maximum absolute atomic E-state index is 12.9. The van der Waals surface area contributed by atoms with Gasteiger partial charge in [0.15, 0.2) is 0 Å². The van der Waals surface area contributed by atoms with E-state index in [-0.39, 0.29) is 17.9 Å². The Morgan fingerprint density at radius 3 is 2.21 bits per heavy atom. The van der Waals surface area contributed by atoms with Gasteiger partial charge in [-0.05, 0) is 66.4 Å². The molecule has 0 radical (unpaired) electrons. The third-order valence-corrected chi connectivity index (χ3v) is 5.27. The Balaban J connectivity index is 1.75. The van der Waals surface area contributed by atoms with Crippen LogP contribution in [0.1, 0.15) is 59.5 Å². The van der Waals surface area contributed by atoms with E-state index in [4.69, 9.17) is 14.2 Å². The predicted molar refractivity (Wildman–Crippen MR) is 133 cm³/mol. The molecule has 3 rings (SSSR count). The molecule has 6 heteroatoms. The summed E-state index contributed by atoms with van der Waals surface area (Å²) >= 11 is 0. The lowest BCUT2D eigenvalue weighted by atomic mass is 9.86. The Kier molecular flexibility index (Phi) is 7.95. The Morgan fingerprint density at radius 2 is 1.56 bits per heavy atom. The highest BCUT2D eigenvalue weighted by Gasteiger charge is 2.19. The van der Waals surface area contributed by atoms with Crippen molar-refractivity contribution in [2.45, 2.75) is 39.7 Å². The lowest BCUT2D eigenvalue weighted by molar-refractivity contribution is 0.0526. The molecule has 0 spiro atoms. The standard InChI is InChI=1S/C28H31NO5/c1-6-33-27(31)19-11-14-22(15-12-19)29-26(30)20-13-16-24(32-5)21(17-20)18-34-25-10-8-7-9-23(25)28(2,3)4/h7-17H,6,18H2,1-5H3,(H,29,30). The van der Waals surface area contributed by atoms with Crippen LogP contribution >= 0.6 is 0 Å². The van der Waals surface area contributed by atoms with Crippen molar-refractivity contribution in [2.75, 3.05) is 19.0 Å². The number of amides is 1. The van der Waals surface area contributed by atoms with Gasteiger partial charge in [-0.3, -0.25) is 4.79 Å². The molecule has 1 amide bonds. The number of rotatable bonds is 8. The van der Waals surface area contributed by atoms with Crippen molar-refractivity contribution in [3.8, 4) is 11.5 Å². The summed E-state index contributed by atoms with van der Waals surface area (Å²) in [5.74, 6) is 0.772. The average molecular weight is 462 g/mol. The van der Waals surface area contributed by atoms with Crippen LogP contribution in [0.15, 0.2) is 66.7 Å². The number of carbonyl (C=O) groups is 2. The third kappa shape index (κ3) is 6.16. The molecule has 0 unspecified atom stereocenters. The van der Waals surface area contributed by atoms with Crippen LogP contribution in [0.25, 0.3) is 0 Å². The minimum atomic E-state index is -0.395. The van der Waals surface area contributed by atoms with Gasteiger partial charge in [0.05, 0.1) is 19.3 Å². The molecule has 3 aromatic rings. The normalized spacial score (nSPS) is 11.0. The largest absolute Gasteiger partial charge is 0.496 e. The number of esters is 1. The van der Waals surface area contributed by atoms with Gasteiger partial charge in [0.25, 0.3) is 5.91 Å². The lowest BCUT2D eigenvalue weighted by Crippen LogP contribution is -2.14. The van der Waals surface area contributed by atoms with Gasteiger partial charge in [-0.1, -0.05) is 39.0 Å². The molecule has 0 aliphatic heterocycles. The first kappa shape index (κ1) is 24.8. The van der Waals surface area contributed by atoms with E-state index in [1.54, 1.807) is 56.5 Å². The van der Waals surface area contributed by atoms with E-state index in [0.717, 1.165) is 16.9 Å². The maximum atomic E-state index is 12.9. The molecule has 0 heterocycles. The minimum Gasteiger partial charge on any atom is -0.496 e. The van der Waals surface area contributed by atoms with Crippen LogP contribution in [0.3, 0.4) is 0 Å². The molecule has 0 aliphatic rings. The minimum absolute atomic E-state index is 0.0642. The highest BCUT2D eigenvalue weighted by atomic mass is 16.5. The molecule has 0 saturated heterocycles. The number of anilines is 1. The van der Waals surface area contributed by atoms with Gasteiger partial charge in [-0.25, -0.2) is 4.79 Å². The van der Waals surface area contributed by atoms with Crippen LogP contribution in [0.5, 0.6) is 11.5 Å². The summed E-state index contributed by atoms with van der Waals surface area (Å²) in [6.07, 6.45) is 0. The number of para-hydroxylation sites is 1. The van der Waals surface area contributed by atoms with Gasteiger partial charge in [0, 0.05) is 16.8 Å². The van der Waals surface area contributed by atoms with E-state index in [2.05, 4.69) is 32.2 Å². The molecule has 0 fully saturated rings. The molecule has 3 aromatic carbocycles. The quantitative estimate of drug-likeness (QED) is 0.417. The number of nitrogens with one attached hydrogen (secondary N) is 1. The van der Waals surface area contributed by atoms with Crippen LogP contribution in [-0.2, 0) is 16.8 Å². The molecule has 0 saturated carbocycles. The third-order valence-electron chi connectivity index (χ3n) is 5.27. The van der Waals surface area contributed by atoms with Crippen molar-refractivity contribution in [1.82, 2.24) is 0 Å². The molecule has 34 heavy (non-hydrogen) atoms. The average Bonchev–Trinajstić information content (AvgIpc) is 2.82. The van der Waals surface area contributed by atoms with E-state index in [1.807, 2.05) is 18.2 Å². The second kappa shape index (κ2) is 10.9. The fourth-order valence-corrected chi connectivity index (χ4v) is 3.51. The number of ether oxygens (including phenoxy) is 3. The van der Waals surface area contributed by atoms with Crippen LogP contribution in [0.4, 0.5) is 5.69 Å². The molecule has 6 nitrogen and oxygen atoms in total. The van der Waals surface area contributed by atoms with Crippen molar-refractivity contribution >= 4 is 17.6 Å². The van der Waals surface area contributed by atoms with E-state index >= 15 is 0 Å². The van der Waals surface area contributed by atoms with Gasteiger partial charge in [-0.15, -0.1) is 0 Å². The smallest absolute Gasteiger partial charge is 0.338 e. The number of hydrogen-bond acceptors (Lipinski definition) is 5. The number of benzene rings is 3. The predicted octanol–water partition coefficient (Wildman–Crippen LogP) is 6.00. The summed E-state index contributed by atoms with van der Waals surface area (Å²) < 4.78 is 16.6. The van der Waals surface area contributed by atoms with Gasteiger partial charge < -0.3 is 19.5 Å². The summed E-state index contributed by atoms with van der Waals surface area (Å²) in [7, 11) is 1.59. The number of methoxy groups -OCH3 is 1. The highest BCUT2D eigenvalue weighted by molar-refractivity contribution is 6.04.